The monoisotopic (exact) mass is 309 g/mol. The van der Waals surface area contributed by atoms with Crippen molar-refractivity contribution in [3.63, 3.8) is 0 Å². The van der Waals surface area contributed by atoms with E-state index in [0.29, 0.717) is 6.04 Å². The molecule has 15 heavy (non-hydrogen) atoms. The van der Waals surface area contributed by atoms with Crippen molar-refractivity contribution in [3.05, 3.63) is 20.8 Å². The molecule has 4 heteroatoms. The van der Waals surface area contributed by atoms with Crippen LogP contribution in [0, 0.1) is 0 Å². The molecule has 0 radical (unpaired) electrons. The summed E-state index contributed by atoms with van der Waals surface area (Å²) < 4.78 is 1.21. The van der Waals surface area contributed by atoms with Gasteiger partial charge in [0.05, 0.1) is 3.79 Å². The Balaban J connectivity index is 2.50. The van der Waals surface area contributed by atoms with Gasteiger partial charge in [-0.05, 0) is 54.9 Å². The minimum Gasteiger partial charge on any atom is -0.296 e. The van der Waals surface area contributed by atoms with Crippen LogP contribution in [0.25, 0.3) is 0 Å². The van der Waals surface area contributed by atoms with E-state index in [0.717, 1.165) is 25.4 Å². The van der Waals surface area contributed by atoms with Gasteiger partial charge < -0.3 is 0 Å². The number of nitrogens with zero attached hydrogens (tertiary/aromatic N) is 1. The molecule has 0 saturated heterocycles. The van der Waals surface area contributed by atoms with Crippen LogP contribution in [-0.2, 0) is 6.54 Å². The molecule has 0 unspecified atom stereocenters. The molecule has 0 bridgehead atoms. The second kappa shape index (κ2) is 6.89. The van der Waals surface area contributed by atoms with E-state index >= 15 is 0 Å². The van der Waals surface area contributed by atoms with Gasteiger partial charge in [0.25, 0.3) is 0 Å². The lowest BCUT2D eigenvalue weighted by molar-refractivity contribution is 0.215. The zero-order valence-electron chi connectivity index (χ0n) is 9.17. The van der Waals surface area contributed by atoms with Crippen molar-refractivity contribution in [1.29, 1.82) is 0 Å². The Morgan fingerprint density at radius 3 is 2.67 bits per heavy atom. The van der Waals surface area contributed by atoms with Crippen LogP contribution in [0.2, 0.25) is 0 Å². The van der Waals surface area contributed by atoms with Crippen molar-refractivity contribution in [1.82, 2.24) is 4.90 Å². The summed E-state index contributed by atoms with van der Waals surface area (Å²) in [6.45, 7) is 6.58. The van der Waals surface area contributed by atoms with Gasteiger partial charge in [-0.25, -0.2) is 0 Å². The standard InChI is InChI=1S/C11H17BrClNS/c1-9(2)14(7-3-6-13)8-10-4-5-11(12)15-10/h4-5,9H,3,6-8H2,1-2H3. The molecule has 0 atom stereocenters. The first-order valence-electron chi connectivity index (χ1n) is 5.17. The fourth-order valence-electron chi connectivity index (χ4n) is 1.42. The van der Waals surface area contributed by atoms with Crippen LogP contribution in [0.3, 0.4) is 0 Å². The first kappa shape index (κ1) is 13.5. The van der Waals surface area contributed by atoms with Gasteiger partial charge in [0.2, 0.25) is 0 Å². The lowest BCUT2D eigenvalue weighted by Gasteiger charge is -2.25. The number of hydrogen-bond donors (Lipinski definition) is 0. The molecule has 0 amide bonds. The van der Waals surface area contributed by atoms with Crippen molar-refractivity contribution in [2.24, 2.45) is 0 Å². The van der Waals surface area contributed by atoms with E-state index in [1.165, 1.54) is 8.66 Å². The molecule has 1 rings (SSSR count). The second-order valence-corrected chi connectivity index (χ2v) is 6.74. The molecule has 1 heterocycles. The second-order valence-electron chi connectivity index (χ2n) is 3.81. The maximum Gasteiger partial charge on any atom is 0.0701 e. The molecule has 0 saturated carbocycles. The van der Waals surface area contributed by atoms with Crippen molar-refractivity contribution in [3.8, 4) is 0 Å². The van der Waals surface area contributed by atoms with Gasteiger partial charge >= 0.3 is 0 Å². The molecule has 0 aromatic carbocycles. The third-order valence-electron chi connectivity index (χ3n) is 2.30. The number of alkyl halides is 1. The van der Waals surface area contributed by atoms with Crippen LogP contribution in [-0.4, -0.2) is 23.4 Å². The van der Waals surface area contributed by atoms with Gasteiger partial charge in [0.15, 0.2) is 0 Å². The molecule has 0 aliphatic carbocycles. The molecule has 86 valence electrons. The summed E-state index contributed by atoms with van der Waals surface area (Å²) in [5.74, 6) is 0.747. The number of halogens is 2. The Labute approximate surface area is 110 Å². The van der Waals surface area contributed by atoms with Crippen LogP contribution in [0.1, 0.15) is 25.1 Å². The zero-order valence-corrected chi connectivity index (χ0v) is 12.3. The Morgan fingerprint density at radius 2 is 2.20 bits per heavy atom. The lowest BCUT2D eigenvalue weighted by atomic mass is 10.3. The summed E-state index contributed by atoms with van der Waals surface area (Å²) in [4.78, 5) is 3.87. The largest absolute Gasteiger partial charge is 0.296 e. The Morgan fingerprint density at radius 1 is 1.47 bits per heavy atom. The molecule has 0 aliphatic heterocycles. The van der Waals surface area contributed by atoms with Gasteiger partial charge in [0.1, 0.15) is 0 Å². The maximum absolute atomic E-state index is 5.73. The van der Waals surface area contributed by atoms with E-state index in [-0.39, 0.29) is 0 Å². The summed E-state index contributed by atoms with van der Waals surface area (Å²) in [6.07, 6.45) is 1.06. The Kier molecular flexibility index (Phi) is 6.20. The molecule has 0 fully saturated rings. The predicted octanol–water partition coefficient (Wildman–Crippen LogP) is 4.35. The molecule has 0 aliphatic rings. The van der Waals surface area contributed by atoms with Crippen molar-refractivity contribution in [2.45, 2.75) is 32.9 Å². The molecule has 1 aromatic heterocycles. The summed E-state index contributed by atoms with van der Waals surface area (Å²) in [5.41, 5.74) is 0. The van der Waals surface area contributed by atoms with Crippen LogP contribution in [0.5, 0.6) is 0 Å². The Bertz CT molecular complexity index is 288. The minimum atomic E-state index is 0.578. The van der Waals surface area contributed by atoms with Gasteiger partial charge in [0, 0.05) is 23.3 Å². The summed E-state index contributed by atoms with van der Waals surface area (Å²) >= 11 is 11.0. The van der Waals surface area contributed by atoms with E-state index < -0.39 is 0 Å². The maximum atomic E-state index is 5.73. The zero-order chi connectivity index (χ0) is 11.3. The average Bonchev–Trinajstić information content (AvgIpc) is 2.58. The number of rotatable bonds is 6. The molecule has 1 aromatic rings. The van der Waals surface area contributed by atoms with E-state index in [4.69, 9.17) is 11.6 Å². The van der Waals surface area contributed by atoms with E-state index in [2.05, 4.69) is 46.8 Å². The highest BCUT2D eigenvalue weighted by Gasteiger charge is 2.10. The van der Waals surface area contributed by atoms with Crippen LogP contribution in [0.15, 0.2) is 15.9 Å². The third-order valence-corrected chi connectivity index (χ3v) is 4.17. The highest BCUT2D eigenvalue weighted by atomic mass is 79.9. The first-order valence-corrected chi connectivity index (χ1v) is 7.32. The third kappa shape index (κ3) is 4.85. The molecule has 0 spiro atoms. The van der Waals surface area contributed by atoms with Gasteiger partial charge in [-0.2, -0.15) is 0 Å². The number of thiophene rings is 1. The van der Waals surface area contributed by atoms with E-state index in [1.54, 1.807) is 0 Å². The molecular weight excluding hydrogens is 294 g/mol. The van der Waals surface area contributed by atoms with Gasteiger partial charge in [-0.3, -0.25) is 4.90 Å². The van der Waals surface area contributed by atoms with E-state index in [9.17, 15) is 0 Å². The fourth-order valence-corrected chi connectivity index (χ4v) is 3.05. The van der Waals surface area contributed by atoms with Crippen LogP contribution in [0.4, 0.5) is 0 Å². The molecule has 1 nitrogen and oxygen atoms in total. The number of hydrogen-bond acceptors (Lipinski definition) is 2. The Hall–Kier alpha value is 0.430. The molecule has 0 N–H and O–H groups in total. The highest BCUT2D eigenvalue weighted by molar-refractivity contribution is 9.11. The van der Waals surface area contributed by atoms with Gasteiger partial charge in [-0.1, -0.05) is 0 Å². The predicted molar refractivity (Wildman–Crippen MR) is 72.9 cm³/mol. The quantitative estimate of drug-likeness (QED) is 0.706. The minimum absolute atomic E-state index is 0.578. The summed E-state index contributed by atoms with van der Waals surface area (Å²) in [6, 6.07) is 4.87. The summed E-state index contributed by atoms with van der Waals surface area (Å²) in [7, 11) is 0. The van der Waals surface area contributed by atoms with Crippen molar-refractivity contribution in [2.75, 3.05) is 12.4 Å². The highest BCUT2D eigenvalue weighted by Crippen LogP contribution is 2.23. The topological polar surface area (TPSA) is 3.24 Å². The normalized spacial score (nSPS) is 11.6. The van der Waals surface area contributed by atoms with Crippen LogP contribution >= 0.6 is 38.9 Å². The average molecular weight is 311 g/mol. The SMILES string of the molecule is CC(C)N(CCCCl)Cc1ccc(Br)s1. The van der Waals surface area contributed by atoms with E-state index in [1.807, 2.05) is 11.3 Å². The van der Waals surface area contributed by atoms with Gasteiger partial charge in [-0.15, -0.1) is 22.9 Å². The summed E-state index contributed by atoms with van der Waals surface area (Å²) in [5, 5.41) is 0. The van der Waals surface area contributed by atoms with Crippen molar-refractivity contribution >= 4 is 38.9 Å². The van der Waals surface area contributed by atoms with Crippen LogP contribution < -0.4 is 0 Å². The van der Waals surface area contributed by atoms with Crippen molar-refractivity contribution < 1.29 is 0 Å². The lowest BCUT2D eigenvalue weighted by Crippen LogP contribution is -2.31. The fraction of sp³-hybridized carbons (Fsp3) is 0.636. The molecular formula is C11H17BrClNS. The first-order chi connectivity index (χ1) is 7.13. The smallest absolute Gasteiger partial charge is 0.0701 e.